The molecular weight excluding hydrogens is 366 g/mol. The Morgan fingerprint density at radius 2 is 1.90 bits per heavy atom. The molecule has 1 saturated heterocycles. The number of likely N-dealkylation sites (tertiary alicyclic amines) is 1. The van der Waals surface area contributed by atoms with Crippen LogP contribution in [0.15, 0.2) is 54.9 Å². The lowest BCUT2D eigenvalue weighted by Gasteiger charge is -2.31. The molecule has 29 heavy (non-hydrogen) atoms. The number of nitrogens with zero attached hydrogens (tertiary/aromatic N) is 5. The quantitative estimate of drug-likeness (QED) is 0.646. The van der Waals surface area contributed by atoms with Crippen LogP contribution in [0, 0.1) is 5.92 Å². The van der Waals surface area contributed by atoms with E-state index in [-0.39, 0.29) is 5.91 Å². The van der Waals surface area contributed by atoms with Crippen LogP contribution in [-0.4, -0.2) is 50.5 Å². The van der Waals surface area contributed by atoms with E-state index in [9.17, 15) is 4.79 Å². The summed E-state index contributed by atoms with van der Waals surface area (Å²) in [5, 5.41) is 8.42. The van der Waals surface area contributed by atoms with E-state index in [1.54, 1.807) is 13.1 Å². The van der Waals surface area contributed by atoms with E-state index in [1.807, 2.05) is 46.1 Å². The molecule has 2 aromatic heterocycles. The zero-order chi connectivity index (χ0) is 20.1. The van der Waals surface area contributed by atoms with E-state index >= 15 is 0 Å². The molecule has 150 valence electrons. The summed E-state index contributed by atoms with van der Waals surface area (Å²) in [6.07, 6.45) is 5.60. The minimum atomic E-state index is 0.157. The average molecular weight is 391 g/mol. The summed E-state index contributed by atoms with van der Waals surface area (Å²) in [4.78, 5) is 17.8. The maximum absolute atomic E-state index is 11.4. The first-order chi connectivity index (χ1) is 14.2. The number of rotatable bonds is 6. The van der Waals surface area contributed by atoms with Gasteiger partial charge in [-0.15, -0.1) is 5.10 Å². The largest absolute Gasteiger partial charge is 0.492 e. The molecule has 0 saturated carbocycles. The Balaban J connectivity index is 1.30. The van der Waals surface area contributed by atoms with Gasteiger partial charge in [0.15, 0.2) is 0 Å². The fourth-order valence-electron chi connectivity index (χ4n) is 3.51. The highest BCUT2D eigenvalue weighted by Gasteiger charge is 2.21. The topological polar surface area (TPSA) is 73.1 Å². The summed E-state index contributed by atoms with van der Waals surface area (Å²) < 4.78 is 7.72. The van der Waals surface area contributed by atoms with Gasteiger partial charge in [-0.1, -0.05) is 35.5 Å². The summed E-state index contributed by atoms with van der Waals surface area (Å²) in [6, 6.07) is 14.0. The Kier molecular flexibility index (Phi) is 5.84. The van der Waals surface area contributed by atoms with Crippen LogP contribution >= 0.6 is 0 Å². The molecule has 3 heterocycles. The number of pyridine rings is 1. The molecule has 0 spiro atoms. The lowest BCUT2D eigenvalue weighted by molar-refractivity contribution is -0.130. The maximum atomic E-state index is 11.4. The van der Waals surface area contributed by atoms with Crippen molar-refractivity contribution >= 4 is 5.91 Å². The lowest BCUT2D eigenvalue weighted by atomic mass is 9.98. The molecule has 1 amide bonds. The monoisotopic (exact) mass is 391 g/mol. The summed E-state index contributed by atoms with van der Waals surface area (Å²) >= 11 is 0. The van der Waals surface area contributed by atoms with Crippen LogP contribution in [0.1, 0.15) is 25.3 Å². The number of piperidine rings is 1. The van der Waals surface area contributed by atoms with Crippen LogP contribution in [0.3, 0.4) is 0 Å². The molecule has 0 N–H and O–H groups in total. The van der Waals surface area contributed by atoms with Crippen molar-refractivity contribution in [2.45, 2.75) is 26.3 Å². The first kappa shape index (κ1) is 19.1. The molecule has 0 radical (unpaired) electrons. The van der Waals surface area contributed by atoms with Gasteiger partial charge in [-0.25, -0.2) is 4.68 Å². The molecule has 1 fully saturated rings. The molecule has 1 aromatic carbocycles. The second-order valence-corrected chi connectivity index (χ2v) is 7.43. The van der Waals surface area contributed by atoms with E-state index in [4.69, 9.17) is 4.74 Å². The van der Waals surface area contributed by atoms with E-state index < -0.39 is 0 Å². The van der Waals surface area contributed by atoms with Crippen LogP contribution in [0.2, 0.25) is 0 Å². The van der Waals surface area contributed by atoms with Gasteiger partial charge in [-0.3, -0.25) is 9.78 Å². The summed E-state index contributed by atoms with van der Waals surface area (Å²) in [7, 11) is 0. The Morgan fingerprint density at radius 1 is 1.10 bits per heavy atom. The SMILES string of the molecule is CC(=O)N1CCC(COc2ccc(-c3cn(Cc4ccccc4)nn3)nc2)CC1. The minimum absolute atomic E-state index is 0.157. The number of ether oxygens (including phenoxy) is 1. The highest BCUT2D eigenvalue weighted by Crippen LogP contribution is 2.21. The molecule has 0 atom stereocenters. The van der Waals surface area contributed by atoms with Crippen LogP contribution < -0.4 is 4.74 Å². The van der Waals surface area contributed by atoms with Gasteiger partial charge in [0.25, 0.3) is 0 Å². The smallest absolute Gasteiger partial charge is 0.219 e. The van der Waals surface area contributed by atoms with E-state index in [1.165, 1.54) is 5.56 Å². The molecule has 0 aliphatic carbocycles. The van der Waals surface area contributed by atoms with Crippen molar-refractivity contribution in [1.29, 1.82) is 0 Å². The molecule has 3 aromatic rings. The van der Waals surface area contributed by atoms with Gasteiger partial charge >= 0.3 is 0 Å². The highest BCUT2D eigenvalue weighted by atomic mass is 16.5. The molecule has 1 aliphatic heterocycles. The Hall–Kier alpha value is -3.22. The summed E-state index contributed by atoms with van der Waals surface area (Å²) in [5.74, 6) is 1.38. The molecule has 4 rings (SSSR count). The first-order valence-corrected chi connectivity index (χ1v) is 9.96. The standard InChI is InChI=1S/C22H25N5O2/c1-17(28)26-11-9-19(10-12-26)16-29-20-7-8-21(23-13-20)22-15-27(25-24-22)14-18-5-3-2-4-6-18/h2-8,13,15,19H,9-12,14,16H2,1H3. The molecule has 7 nitrogen and oxygen atoms in total. The normalized spacial score (nSPS) is 14.7. The third-order valence-corrected chi connectivity index (χ3v) is 5.27. The Labute approximate surface area is 170 Å². The Bertz CT molecular complexity index is 931. The van der Waals surface area contributed by atoms with Crippen molar-refractivity contribution in [2.24, 2.45) is 5.92 Å². The van der Waals surface area contributed by atoms with E-state index in [2.05, 4.69) is 27.4 Å². The number of carbonyl (C=O) groups is 1. The van der Waals surface area contributed by atoms with Crippen molar-refractivity contribution in [3.05, 3.63) is 60.4 Å². The number of aromatic nitrogens is 4. The third-order valence-electron chi connectivity index (χ3n) is 5.27. The number of hydrogen-bond donors (Lipinski definition) is 0. The van der Waals surface area contributed by atoms with Crippen LogP contribution in [0.5, 0.6) is 5.75 Å². The van der Waals surface area contributed by atoms with Gasteiger partial charge in [0.2, 0.25) is 5.91 Å². The second-order valence-electron chi connectivity index (χ2n) is 7.43. The van der Waals surface area contributed by atoms with E-state index in [0.29, 0.717) is 19.1 Å². The van der Waals surface area contributed by atoms with Crippen molar-refractivity contribution in [1.82, 2.24) is 24.9 Å². The van der Waals surface area contributed by atoms with Crippen molar-refractivity contribution in [3.8, 4) is 17.1 Å². The van der Waals surface area contributed by atoms with E-state index in [0.717, 1.165) is 43.1 Å². The Morgan fingerprint density at radius 3 is 2.59 bits per heavy atom. The van der Waals surface area contributed by atoms with Gasteiger partial charge in [-0.2, -0.15) is 0 Å². The fraction of sp³-hybridized carbons (Fsp3) is 0.364. The van der Waals surface area contributed by atoms with Crippen LogP contribution in [0.25, 0.3) is 11.4 Å². The average Bonchev–Trinajstić information content (AvgIpc) is 3.22. The molecule has 0 bridgehead atoms. The van der Waals surface area contributed by atoms with Crippen LogP contribution in [0.4, 0.5) is 0 Å². The first-order valence-electron chi connectivity index (χ1n) is 9.96. The third kappa shape index (κ3) is 4.99. The number of carbonyl (C=O) groups excluding carboxylic acids is 1. The number of amides is 1. The van der Waals surface area contributed by atoms with Gasteiger partial charge in [0.1, 0.15) is 11.4 Å². The van der Waals surface area contributed by atoms with Gasteiger partial charge < -0.3 is 9.64 Å². The fourth-order valence-corrected chi connectivity index (χ4v) is 3.51. The van der Waals surface area contributed by atoms with Gasteiger partial charge in [0.05, 0.1) is 31.2 Å². The van der Waals surface area contributed by atoms with Crippen molar-refractivity contribution < 1.29 is 9.53 Å². The highest BCUT2D eigenvalue weighted by molar-refractivity contribution is 5.73. The number of benzene rings is 1. The molecule has 0 unspecified atom stereocenters. The summed E-state index contributed by atoms with van der Waals surface area (Å²) in [5.41, 5.74) is 2.69. The second kappa shape index (κ2) is 8.86. The van der Waals surface area contributed by atoms with Crippen molar-refractivity contribution in [2.75, 3.05) is 19.7 Å². The van der Waals surface area contributed by atoms with Crippen molar-refractivity contribution in [3.63, 3.8) is 0 Å². The van der Waals surface area contributed by atoms with Crippen LogP contribution in [-0.2, 0) is 11.3 Å². The molecule has 7 heteroatoms. The minimum Gasteiger partial charge on any atom is -0.492 e. The zero-order valence-corrected chi connectivity index (χ0v) is 16.6. The maximum Gasteiger partial charge on any atom is 0.219 e. The van der Waals surface area contributed by atoms with Gasteiger partial charge in [-0.05, 0) is 36.5 Å². The summed E-state index contributed by atoms with van der Waals surface area (Å²) in [6.45, 7) is 4.60. The number of hydrogen-bond acceptors (Lipinski definition) is 5. The molecular formula is C22H25N5O2. The predicted octanol–water partition coefficient (Wildman–Crippen LogP) is 3.03. The molecule has 1 aliphatic rings. The van der Waals surface area contributed by atoms with Gasteiger partial charge in [0, 0.05) is 20.0 Å². The zero-order valence-electron chi connectivity index (χ0n) is 16.6. The predicted molar refractivity (Wildman–Crippen MR) is 109 cm³/mol. The lowest BCUT2D eigenvalue weighted by Crippen LogP contribution is -2.38.